The smallest absolute Gasteiger partial charge is 0.222 e. The second kappa shape index (κ2) is 4.30. The summed E-state index contributed by atoms with van der Waals surface area (Å²) in [7, 11) is 0. The third-order valence-corrected chi connectivity index (χ3v) is 3.13. The van der Waals surface area contributed by atoms with Crippen molar-refractivity contribution in [2.45, 2.75) is 46.1 Å². The van der Waals surface area contributed by atoms with Gasteiger partial charge in [-0.25, -0.2) is 0 Å². The fourth-order valence-electron chi connectivity index (χ4n) is 1.96. The van der Waals surface area contributed by atoms with E-state index in [1.807, 2.05) is 11.8 Å². The lowest BCUT2D eigenvalue weighted by Crippen LogP contribution is -2.53. The van der Waals surface area contributed by atoms with Crippen LogP contribution in [0, 0.1) is 5.41 Å². The Kier molecular flexibility index (Phi) is 3.53. The van der Waals surface area contributed by atoms with Crippen LogP contribution in [0.5, 0.6) is 0 Å². The zero-order valence-electron chi connectivity index (χ0n) is 9.55. The van der Waals surface area contributed by atoms with Crippen LogP contribution >= 0.6 is 0 Å². The summed E-state index contributed by atoms with van der Waals surface area (Å²) in [6.07, 6.45) is 2.54. The predicted octanol–water partition coefficient (Wildman–Crippen LogP) is 1.37. The van der Waals surface area contributed by atoms with Gasteiger partial charge in [0.05, 0.1) is 0 Å². The molecule has 14 heavy (non-hydrogen) atoms. The number of hydrogen-bond donors (Lipinski definition) is 1. The second-order valence-corrected chi connectivity index (χ2v) is 4.95. The molecule has 1 rings (SSSR count). The van der Waals surface area contributed by atoms with Gasteiger partial charge in [0.25, 0.3) is 0 Å². The first-order valence-corrected chi connectivity index (χ1v) is 5.50. The number of carbonyl (C=O) groups is 1. The van der Waals surface area contributed by atoms with Crippen molar-refractivity contribution in [1.82, 2.24) is 4.90 Å². The summed E-state index contributed by atoms with van der Waals surface area (Å²) in [5.74, 6) is 0.285. The van der Waals surface area contributed by atoms with Gasteiger partial charge in [-0.15, -0.1) is 0 Å². The third-order valence-electron chi connectivity index (χ3n) is 3.13. The highest BCUT2D eigenvalue weighted by Crippen LogP contribution is 2.27. The number of nitrogens with two attached hydrogens (primary N) is 1. The highest BCUT2D eigenvalue weighted by molar-refractivity contribution is 5.76. The van der Waals surface area contributed by atoms with Crippen molar-refractivity contribution in [3.63, 3.8) is 0 Å². The maximum absolute atomic E-state index is 11.7. The SMILES string of the molecule is CCCC(=O)N1CCC(N)C(C)(C)C1. The Morgan fingerprint density at radius 2 is 2.21 bits per heavy atom. The summed E-state index contributed by atoms with van der Waals surface area (Å²) in [6, 6.07) is 0.230. The van der Waals surface area contributed by atoms with E-state index in [9.17, 15) is 4.79 Å². The predicted molar refractivity (Wildman–Crippen MR) is 57.9 cm³/mol. The van der Waals surface area contributed by atoms with E-state index in [4.69, 9.17) is 5.73 Å². The minimum absolute atomic E-state index is 0.0711. The van der Waals surface area contributed by atoms with Gasteiger partial charge in [-0.05, 0) is 18.3 Å². The van der Waals surface area contributed by atoms with Crippen LogP contribution < -0.4 is 5.73 Å². The summed E-state index contributed by atoms with van der Waals surface area (Å²) < 4.78 is 0. The maximum atomic E-state index is 11.7. The zero-order valence-corrected chi connectivity index (χ0v) is 9.55. The van der Waals surface area contributed by atoms with Crippen LogP contribution in [0.15, 0.2) is 0 Å². The molecule has 82 valence electrons. The third kappa shape index (κ3) is 2.47. The number of amides is 1. The van der Waals surface area contributed by atoms with E-state index < -0.39 is 0 Å². The molecule has 0 aromatic heterocycles. The Labute approximate surface area is 86.6 Å². The molecule has 0 saturated carbocycles. The zero-order chi connectivity index (χ0) is 10.8. The van der Waals surface area contributed by atoms with E-state index in [1.165, 1.54) is 0 Å². The average molecular weight is 198 g/mol. The summed E-state index contributed by atoms with van der Waals surface area (Å²) in [5.41, 5.74) is 6.08. The van der Waals surface area contributed by atoms with Crippen molar-refractivity contribution in [3.8, 4) is 0 Å². The van der Waals surface area contributed by atoms with Gasteiger partial charge in [0.2, 0.25) is 5.91 Å². The van der Waals surface area contributed by atoms with Crippen molar-refractivity contribution in [2.24, 2.45) is 11.1 Å². The van der Waals surface area contributed by atoms with Gasteiger partial charge in [-0.2, -0.15) is 0 Å². The van der Waals surface area contributed by atoms with Gasteiger partial charge in [0, 0.05) is 25.6 Å². The van der Waals surface area contributed by atoms with Crippen LogP contribution in [0.3, 0.4) is 0 Å². The number of likely N-dealkylation sites (tertiary alicyclic amines) is 1. The molecule has 1 saturated heterocycles. The van der Waals surface area contributed by atoms with Crippen LogP contribution in [0.2, 0.25) is 0 Å². The molecule has 1 atom stereocenters. The standard InChI is InChI=1S/C11H22N2O/c1-4-5-10(14)13-7-6-9(12)11(2,3)8-13/h9H,4-8,12H2,1-3H3. The maximum Gasteiger partial charge on any atom is 0.222 e. The molecule has 0 aromatic carbocycles. The Morgan fingerprint density at radius 1 is 1.57 bits per heavy atom. The van der Waals surface area contributed by atoms with E-state index in [0.29, 0.717) is 6.42 Å². The van der Waals surface area contributed by atoms with E-state index in [0.717, 1.165) is 25.9 Å². The van der Waals surface area contributed by atoms with Crippen molar-refractivity contribution in [2.75, 3.05) is 13.1 Å². The van der Waals surface area contributed by atoms with E-state index in [-0.39, 0.29) is 17.4 Å². The lowest BCUT2D eigenvalue weighted by atomic mass is 9.79. The van der Waals surface area contributed by atoms with Gasteiger partial charge in [0.15, 0.2) is 0 Å². The number of carbonyl (C=O) groups excluding carboxylic acids is 1. The fourth-order valence-corrected chi connectivity index (χ4v) is 1.96. The van der Waals surface area contributed by atoms with Gasteiger partial charge >= 0.3 is 0 Å². The molecule has 0 bridgehead atoms. The molecule has 1 amide bonds. The first kappa shape index (κ1) is 11.5. The van der Waals surface area contributed by atoms with Crippen molar-refractivity contribution in [1.29, 1.82) is 0 Å². The molecule has 3 heteroatoms. The molecule has 0 spiro atoms. The molecule has 0 aromatic rings. The van der Waals surface area contributed by atoms with Gasteiger partial charge in [0.1, 0.15) is 0 Å². The van der Waals surface area contributed by atoms with Crippen LogP contribution in [-0.2, 0) is 4.79 Å². The van der Waals surface area contributed by atoms with Crippen LogP contribution in [0.4, 0.5) is 0 Å². The Morgan fingerprint density at radius 3 is 2.71 bits per heavy atom. The molecule has 0 aliphatic carbocycles. The van der Waals surface area contributed by atoms with E-state index in [1.54, 1.807) is 0 Å². The van der Waals surface area contributed by atoms with E-state index in [2.05, 4.69) is 13.8 Å². The number of piperidine rings is 1. The molecular formula is C11H22N2O. The summed E-state index contributed by atoms with van der Waals surface area (Å²) in [6.45, 7) is 7.97. The highest BCUT2D eigenvalue weighted by Gasteiger charge is 2.34. The second-order valence-electron chi connectivity index (χ2n) is 4.95. The topological polar surface area (TPSA) is 46.3 Å². The molecule has 1 heterocycles. The Balaban J connectivity index is 2.55. The minimum Gasteiger partial charge on any atom is -0.342 e. The first-order valence-electron chi connectivity index (χ1n) is 5.50. The number of nitrogens with zero attached hydrogens (tertiary/aromatic N) is 1. The van der Waals surface area contributed by atoms with E-state index >= 15 is 0 Å². The lowest BCUT2D eigenvalue weighted by Gasteiger charge is -2.42. The number of rotatable bonds is 2. The van der Waals surface area contributed by atoms with Crippen molar-refractivity contribution >= 4 is 5.91 Å². The van der Waals surface area contributed by atoms with Crippen LogP contribution in [0.1, 0.15) is 40.0 Å². The monoisotopic (exact) mass is 198 g/mol. The normalized spacial score (nSPS) is 26.3. The molecule has 1 fully saturated rings. The van der Waals surface area contributed by atoms with Crippen molar-refractivity contribution < 1.29 is 4.79 Å². The summed E-state index contributed by atoms with van der Waals surface area (Å²) in [5, 5.41) is 0. The molecule has 0 radical (unpaired) electrons. The van der Waals surface area contributed by atoms with Crippen LogP contribution in [0.25, 0.3) is 0 Å². The molecule has 2 N–H and O–H groups in total. The number of hydrogen-bond acceptors (Lipinski definition) is 2. The quantitative estimate of drug-likeness (QED) is 0.728. The molecular weight excluding hydrogens is 176 g/mol. The van der Waals surface area contributed by atoms with Gasteiger partial charge in [-0.3, -0.25) is 4.79 Å². The average Bonchev–Trinajstić information content (AvgIpc) is 2.10. The van der Waals surface area contributed by atoms with Gasteiger partial charge < -0.3 is 10.6 Å². The van der Waals surface area contributed by atoms with Crippen molar-refractivity contribution in [3.05, 3.63) is 0 Å². The van der Waals surface area contributed by atoms with Gasteiger partial charge in [-0.1, -0.05) is 20.8 Å². The first-order chi connectivity index (χ1) is 6.47. The molecule has 1 unspecified atom stereocenters. The largest absolute Gasteiger partial charge is 0.342 e. The lowest BCUT2D eigenvalue weighted by molar-refractivity contribution is -0.134. The Bertz CT molecular complexity index is 213. The summed E-state index contributed by atoms with van der Waals surface area (Å²) in [4.78, 5) is 13.6. The van der Waals surface area contributed by atoms with Crippen LogP contribution in [-0.4, -0.2) is 29.9 Å². The minimum atomic E-state index is 0.0711. The molecule has 3 nitrogen and oxygen atoms in total. The Hall–Kier alpha value is -0.570. The molecule has 1 aliphatic heterocycles. The molecule has 1 aliphatic rings. The fraction of sp³-hybridized carbons (Fsp3) is 0.909. The highest BCUT2D eigenvalue weighted by atomic mass is 16.2. The summed E-state index contributed by atoms with van der Waals surface area (Å²) >= 11 is 0.